The lowest BCUT2D eigenvalue weighted by Gasteiger charge is -2.38. The highest BCUT2D eigenvalue weighted by Crippen LogP contribution is 2.43. The number of carbonyl (C=O) groups excluding carboxylic acids is 1. The number of rotatable bonds is 9. The van der Waals surface area contributed by atoms with E-state index in [1.165, 1.54) is 11.1 Å². The largest absolute Gasteiger partial charge is 0.497 e. The van der Waals surface area contributed by atoms with Crippen molar-refractivity contribution in [1.82, 2.24) is 9.55 Å². The number of hydrogen-bond donors (Lipinski definition) is 1. The molecule has 0 aliphatic rings. The molecule has 0 aliphatic carbocycles. The van der Waals surface area contributed by atoms with Crippen LogP contribution in [0.15, 0.2) is 133 Å². The van der Waals surface area contributed by atoms with E-state index < -0.39 is 5.54 Å². The monoisotopic (exact) mass is 569 g/mol. The number of amides is 1. The molecule has 0 saturated heterocycles. The SMILES string of the molecule is COc1ccc(CC(=O)Nc2ccsc2-c2cn(C(c3ccccc3)(c3ccccc3)c3ccccc3C)cn2)cc1. The highest BCUT2D eigenvalue weighted by Gasteiger charge is 2.39. The van der Waals surface area contributed by atoms with Crippen molar-refractivity contribution < 1.29 is 9.53 Å². The normalized spacial score (nSPS) is 11.3. The van der Waals surface area contributed by atoms with E-state index in [-0.39, 0.29) is 12.3 Å². The number of thiophene rings is 1. The van der Waals surface area contributed by atoms with Gasteiger partial charge in [-0.2, -0.15) is 0 Å². The van der Waals surface area contributed by atoms with E-state index in [4.69, 9.17) is 9.72 Å². The average Bonchev–Trinajstić information content (AvgIpc) is 3.70. The molecule has 0 aliphatic heterocycles. The summed E-state index contributed by atoms with van der Waals surface area (Å²) in [4.78, 5) is 18.8. The average molecular weight is 570 g/mol. The highest BCUT2D eigenvalue weighted by molar-refractivity contribution is 7.14. The van der Waals surface area contributed by atoms with E-state index in [0.717, 1.165) is 38.7 Å². The molecule has 0 atom stereocenters. The van der Waals surface area contributed by atoms with Crippen LogP contribution in [0, 0.1) is 6.92 Å². The van der Waals surface area contributed by atoms with Crippen LogP contribution in [0.5, 0.6) is 5.75 Å². The van der Waals surface area contributed by atoms with Crippen LogP contribution in [-0.2, 0) is 16.8 Å². The predicted octanol–water partition coefficient (Wildman–Crippen LogP) is 7.95. The van der Waals surface area contributed by atoms with Gasteiger partial charge in [0.1, 0.15) is 17.0 Å². The summed E-state index contributed by atoms with van der Waals surface area (Å²) in [6.07, 6.45) is 4.27. The molecule has 2 aromatic heterocycles. The molecular weight excluding hydrogens is 538 g/mol. The maximum Gasteiger partial charge on any atom is 0.228 e. The zero-order valence-electron chi connectivity index (χ0n) is 23.5. The second-order valence-corrected chi connectivity index (χ2v) is 11.1. The molecule has 6 aromatic rings. The zero-order valence-corrected chi connectivity index (χ0v) is 24.3. The summed E-state index contributed by atoms with van der Waals surface area (Å²) in [5.41, 5.74) is 6.44. The number of anilines is 1. The molecule has 0 fully saturated rings. The lowest BCUT2D eigenvalue weighted by Crippen LogP contribution is -2.37. The van der Waals surface area contributed by atoms with Gasteiger partial charge in [0.25, 0.3) is 0 Å². The number of benzene rings is 4. The van der Waals surface area contributed by atoms with Gasteiger partial charge in [-0.3, -0.25) is 4.79 Å². The summed E-state index contributed by atoms with van der Waals surface area (Å²) in [6.45, 7) is 2.16. The molecule has 0 spiro atoms. The molecule has 1 N–H and O–H groups in total. The fourth-order valence-corrected chi connectivity index (χ4v) is 6.42. The summed E-state index contributed by atoms with van der Waals surface area (Å²) in [5.74, 6) is 0.685. The van der Waals surface area contributed by atoms with Crippen molar-refractivity contribution in [3.63, 3.8) is 0 Å². The van der Waals surface area contributed by atoms with E-state index >= 15 is 0 Å². The second-order valence-electron chi connectivity index (χ2n) is 10.2. The van der Waals surface area contributed by atoms with Gasteiger partial charge >= 0.3 is 0 Å². The molecule has 0 unspecified atom stereocenters. The Bertz CT molecular complexity index is 1750. The topological polar surface area (TPSA) is 56.1 Å². The fourth-order valence-electron chi connectivity index (χ4n) is 5.61. The number of nitrogens with one attached hydrogen (secondary N) is 1. The quantitative estimate of drug-likeness (QED) is 0.180. The first-order chi connectivity index (χ1) is 20.6. The third-order valence-corrected chi connectivity index (χ3v) is 8.52. The number of methoxy groups -OCH3 is 1. The molecule has 0 saturated carbocycles. The molecule has 1 amide bonds. The number of nitrogens with zero attached hydrogens (tertiary/aromatic N) is 2. The minimum absolute atomic E-state index is 0.0814. The van der Waals surface area contributed by atoms with Crippen LogP contribution < -0.4 is 10.1 Å². The summed E-state index contributed by atoms with van der Waals surface area (Å²) >= 11 is 1.56. The Balaban J connectivity index is 1.41. The number of aromatic nitrogens is 2. The van der Waals surface area contributed by atoms with Gasteiger partial charge in [0.2, 0.25) is 5.91 Å². The van der Waals surface area contributed by atoms with E-state index in [0.29, 0.717) is 0 Å². The van der Waals surface area contributed by atoms with Crippen molar-refractivity contribution in [1.29, 1.82) is 0 Å². The molecule has 4 aromatic carbocycles. The van der Waals surface area contributed by atoms with Crippen molar-refractivity contribution in [2.75, 3.05) is 12.4 Å². The van der Waals surface area contributed by atoms with Gasteiger partial charge in [0.15, 0.2) is 0 Å². The smallest absolute Gasteiger partial charge is 0.228 e. The summed E-state index contributed by atoms with van der Waals surface area (Å²) in [7, 11) is 1.63. The van der Waals surface area contributed by atoms with Crippen molar-refractivity contribution in [2.45, 2.75) is 18.9 Å². The molecule has 2 heterocycles. The maximum atomic E-state index is 13.0. The number of ether oxygens (including phenoxy) is 1. The second kappa shape index (κ2) is 11.9. The van der Waals surface area contributed by atoms with Crippen molar-refractivity contribution in [3.05, 3.63) is 161 Å². The maximum absolute atomic E-state index is 13.0. The number of imidazole rings is 1. The van der Waals surface area contributed by atoms with Gasteiger partial charge in [-0.25, -0.2) is 4.98 Å². The van der Waals surface area contributed by atoms with Crippen molar-refractivity contribution >= 4 is 22.9 Å². The molecule has 0 bridgehead atoms. The van der Waals surface area contributed by atoms with Crippen LogP contribution >= 0.6 is 11.3 Å². The Kier molecular flexibility index (Phi) is 7.71. The van der Waals surface area contributed by atoms with Gasteiger partial charge < -0.3 is 14.6 Å². The van der Waals surface area contributed by atoms with E-state index in [2.05, 4.69) is 95.8 Å². The first-order valence-corrected chi connectivity index (χ1v) is 14.7. The summed E-state index contributed by atoms with van der Waals surface area (Å²) in [6, 6.07) is 39.1. The Morgan fingerprint density at radius 3 is 2.14 bits per heavy atom. The van der Waals surface area contributed by atoms with E-state index in [1.807, 2.05) is 54.2 Å². The Morgan fingerprint density at radius 2 is 1.50 bits per heavy atom. The highest BCUT2D eigenvalue weighted by atomic mass is 32.1. The minimum atomic E-state index is -0.659. The molecule has 0 radical (unpaired) electrons. The van der Waals surface area contributed by atoms with Crippen LogP contribution in [0.3, 0.4) is 0 Å². The standard InChI is InChI=1S/C36H31N3O2S/c1-26-11-9-10-16-31(26)36(28-12-5-3-6-13-28,29-14-7-4-8-15-29)39-24-33(37-25-39)35-32(21-22-42-35)38-34(40)23-27-17-19-30(41-2)20-18-27/h3-22,24-25H,23H2,1-2H3,(H,38,40). The molecule has 5 nitrogen and oxygen atoms in total. The van der Waals surface area contributed by atoms with Crippen molar-refractivity contribution in [3.8, 4) is 16.3 Å². The zero-order chi connectivity index (χ0) is 28.9. The fraction of sp³-hybridized carbons (Fsp3) is 0.111. The summed E-state index contributed by atoms with van der Waals surface area (Å²) in [5, 5.41) is 5.10. The lowest BCUT2D eigenvalue weighted by atomic mass is 9.75. The Hall–Kier alpha value is -4.94. The van der Waals surface area contributed by atoms with Crippen LogP contribution in [0.2, 0.25) is 0 Å². The molecule has 6 heteroatoms. The number of carbonyl (C=O) groups is 1. The third kappa shape index (κ3) is 5.13. The molecule has 42 heavy (non-hydrogen) atoms. The molecular formula is C36H31N3O2S. The third-order valence-electron chi connectivity index (χ3n) is 7.58. The lowest BCUT2D eigenvalue weighted by molar-refractivity contribution is -0.115. The van der Waals surface area contributed by atoms with E-state index in [1.54, 1.807) is 18.4 Å². The van der Waals surface area contributed by atoms with Gasteiger partial charge in [-0.05, 0) is 58.3 Å². The van der Waals surface area contributed by atoms with Gasteiger partial charge in [0.05, 0.1) is 30.4 Å². The number of hydrogen-bond acceptors (Lipinski definition) is 4. The van der Waals surface area contributed by atoms with Crippen LogP contribution in [0.4, 0.5) is 5.69 Å². The molecule has 208 valence electrons. The summed E-state index contributed by atoms with van der Waals surface area (Å²) < 4.78 is 7.44. The van der Waals surface area contributed by atoms with Crippen LogP contribution in [0.1, 0.15) is 27.8 Å². The van der Waals surface area contributed by atoms with Gasteiger partial charge in [0, 0.05) is 6.20 Å². The Labute approximate surface area is 250 Å². The van der Waals surface area contributed by atoms with Gasteiger partial charge in [-0.1, -0.05) is 97.1 Å². The van der Waals surface area contributed by atoms with E-state index in [9.17, 15) is 4.79 Å². The van der Waals surface area contributed by atoms with Gasteiger partial charge in [-0.15, -0.1) is 11.3 Å². The Morgan fingerprint density at radius 1 is 0.857 bits per heavy atom. The predicted molar refractivity (Wildman–Crippen MR) is 170 cm³/mol. The van der Waals surface area contributed by atoms with Crippen molar-refractivity contribution in [2.24, 2.45) is 0 Å². The van der Waals surface area contributed by atoms with Crippen LogP contribution in [-0.4, -0.2) is 22.6 Å². The minimum Gasteiger partial charge on any atom is -0.497 e. The molecule has 6 rings (SSSR count). The number of aryl methyl sites for hydroxylation is 1. The first kappa shape index (κ1) is 27.2. The first-order valence-electron chi connectivity index (χ1n) is 13.8. The van der Waals surface area contributed by atoms with Crippen LogP contribution in [0.25, 0.3) is 10.6 Å².